The molecule has 0 aromatic carbocycles. The summed E-state index contributed by atoms with van der Waals surface area (Å²) in [6, 6.07) is 0. The summed E-state index contributed by atoms with van der Waals surface area (Å²) in [4.78, 5) is 1.94. The third-order valence-corrected chi connectivity index (χ3v) is 3.05. The molecule has 3 heteroatoms. The molecule has 1 fully saturated rings. The zero-order valence-electron chi connectivity index (χ0n) is 10.4. The van der Waals surface area contributed by atoms with Crippen LogP contribution in [0, 0.1) is 12.3 Å². The molecule has 0 unspecified atom stereocenters. The Morgan fingerprint density at radius 1 is 1.38 bits per heavy atom. The van der Waals surface area contributed by atoms with Gasteiger partial charge in [0.1, 0.15) is 5.60 Å². The summed E-state index contributed by atoms with van der Waals surface area (Å²) in [5, 5.41) is 9.72. The molecule has 0 spiro atoms. The average Bonchev–Trinajstić information content (AvgIpc) is 2.27. The van der Waals surface area contributed by atoms with Crippen LogP contribution in [-0.2, 0) is 4.74 Å². The fraction of sp³-hybridized carbons (Fsp3) is 0.846. The predicted octanol–water partition coefficient (Wildman–Crippen LogP) is 1.26. The van der Waals surface area contributed by atoms with Crippen molar-refractivity contribution in [2.45, 2.75) is 43.8 Å². The standard InChI is InChI=1S/C13H23NO2/c1-4-13(8-6-5-7-9-13)16-11-12(15)10-14(2)3/h1,12,15H,5-11H2,2-3H3/t12-/m1/s1. The van der Waals surface area contributed by atoms with Crippen LogP contribution in [0.1, 0.15) is 32.1 Å². The minimum absolute atomic E-state index is 0.336. The first kappa shape index (κ1) is 13.5. The van der Waals surface area contributed by atoms with E-state index in [4.69, 9.17) is 11.2 Å². The Balaban J connectivity index is 2.36. The van der Waals surface area contributed by atoms with Crippen molar-refractivity contribution in [1.29, 1.82) is 0 Å². The van der Waals surface area contributed by atoms with Gasteiger partial charge in [0.05, 0.1) is 12.7 Å². The van der Waals surface area contributed by atoms with E-state index in [-0.39, 0.29) is 0 Å². The lowest BCUT2D eigenvalue weighted by atomic mass is 9.85. The molecule has 1 aliphatic rings. The lowest BCUT2D eigenvalue weighted by molar-refractivity contribution is -0.0675. The average molecular weight is 225 g/mol. The number of terminal acetylenes is 1. The summed E-state index contributed by atoms with van der Waals surface area (Å²) >= 11 is 0. The van der Waals surface area contributed by atoms with Crippen molar-refractivity contribution in [3.63, 3.8) is 0 Å². The SMILES string of the molecule is C#CC1(OC[C@H](O)CN(C)C)CCCCC1. The van der Waals surface area contributed by atoms with Gasteiger partial charge in [-0.1, -0.05) is 12.3 Å². The highest BCUT2D eigenvalue weighted by Crippen LogP contribution is 2.31. The number of nitrogens with zero attached hydrogens (tertiary/aromatic N) is 1. The van der Waals surface area contributed by atoms with Gasteiger partial charge in [0, 0.05) is 6.54 Å². The van der Waals surface area contributed by atoms with Crippen LogP contribution in [0.5, 0.6) is 0 Å². The number of hydrogen-bond donors (Lipinski definition) is 1. The summed E-state index contributed by atoms with van der Waals surface area (Å²) in [6.07, 6.45) is 10.5. The molecule has 1 atom stereocenters. The Hall–Kier alpha value is -0.560. The van der Waals surface area contributed by atoms with E-state index in [1.54, 1.807) is 0 Å². The second kappa shape index (κ2) is 6.24. The van der Waals surface area contributed by atoms with E-state index in [1.165, 1.54) is 6.42 Å². The van der Waals surface area contributed by atoms with E-state index < -0.39 is 11.7 Å². The number of likely N-dealkylation sites (N-methyl/N-ethyl adjacent to an activating group) is 1. The van der Waals surface area contributed by atoms with Gasteiger partial charge >= 0.3 is 0 Å². The van der Waals surface area contributed by atoms with Gasteiger partial charge in [0.15, 0.2) is 0 Å². The highest BCUT2D eigenvalue weighted by Gasteiger charge is 2.31. The van der Waals surface area contributed by atoms with Crippen LogP contribution in [0.15, 0.2) is 0 Å². The van der Waals surface area contributed by atoms with Crippen molar-refractivity contribution in [3.8, 4) is 12.3 Å². The molecule has 0 amide bonds. The van der Waals surface area contributed by atoms with E-state index in [0.717, 1.165) is 25.7 Å². The number of ether oxygens (including phenoxy) is 1. The quantitative estimate of drug-likeness (QED) is 0.715. The van der Waals surface area contributed by atoms with E-state index in [9.17, 15) is 5.11 Å². The molecule has 0 bridgehead atoms. The number of aliphatic hydroxyl groups excluding tert-OH is 1. The van der Waals surface area contributed by atoms with Crippen LogP contribution < -0.4 is 0 Å². The second-order valence-corrected chi connectivity index (χ2v) is 4.93. The molecule has 0 aliphatic heterocycles. The molecular formula is C13H23NO2. The van der Waals surface area contributed by atoms with Crippen LogP contribution in [0.2, 0.25) is 0 Å². The molecule has 1 aliphatic carbocycles. The van der Waals surface area contributed by atoms with Gasteiger partial charge in [-0.25, -0.2) is 0 Å². The normalized spacial score (nSPS) is 21.7. The minimum atomic E-state index is -0.456. The third-order valence-electron chi connectivity index (χ3n) is 3.05. The number of aliphatic hydroxyl groups is 1. The summed E-state index contributed by atoms with van der Waals surface area (Å²) < 4.78 is 5.77. The predicted molar refractivity (Wildman–Crippen MR) is 65.2 cm³/mol. The second-order valence-electron chi connectivity index (χ2n) is 4.93. The lowest BCUT2D eigenvalue weighted by Crippen LogP contribution is -2.38. The summed E-state index contributed by atoms with van der Waals surface area (Å²) in [6.45, 7) is 0.947. The van der Waals surface area contributed by atoms with E-state index in [2.05, 4.69) is 5.92 Å². The van der Waals surface area contributed by atoms with Gasteiger partial charge in [-0.05, 0) is 39.8 Å². The fourth-order valence-electron chi connectivity index (χ4n) is 2.18. The molecule has 92 valence electrons. The van der Waals surface area contributed by atoms with Crippen LogP contribution in [0.3, 0.4) is 0 Å². The Kier molecular flexibility index (Phi) is 5.27. The van der Waals surface area contributed by atoms with Crippen LogP contribution in [0.4, 0.5) is 0 Å². The lowest BCUT2D eigenvalue weighted by Gasteiger charge is -2.33. The Bertz CT molecular complexity index is 239. The largest absolute Gasteiger partial charge is 0.389 e. The molecule has 0 radical (unpaired) electrons. The molecule has 1 rings (SSSR count). The molecule has 0 heterocycles. The van der Waals surface area contributed by atoms with E-state index in [0.29, 0.717) is 13.2 Å². The Morgan fingerprint density at radius 3 is 2.50 bits per heavy atom. The number of rotatable bonds is 5. The first-order chi connectivity index (χ1) is 7.58. The minimum Gasteiger partial charge on any atom is -0.389 e. The highest BCUT2D eigenvalue weighted by molar-refractivity contribution is 5.09. The van der Waals surface area contributed by atoms with Crippen molar-refractivity contribution in [3.05, 3.63) is 0 Å². The van der Waals surface area contributed by atoms with Crippen molar-refractivity contribution in [2.75, 3.05) is 27.2 Å². The molecule has 1 N–H and O–H groups in total. The van der Waals surface area contributed by atoms with Gasteiger partial charge in [-0.15, -0.1) is 6.42 Å². The number of hydrogen-bond acceptors (Lipinski definition) is 3. The van der Waals surface area contributed by atoms with Gasteiger partial charge in [0.2, 0.25) is 0 Å². The Morgan fingerprint density at radius 2 is 2.00 bits per heavy atom. The molecular weight excluding hydrogens is 202 g/mol. The van der Waals surface area contributed by atoms with Crippen molar-refractivity contribution in [2.24, 2.45) is 0 Å². The van der Waals surface area contributed by atoms with Crippen LogP contribution >= 0.6 is 0 Å². The first-order valence-electron chi connectivity index (χ1n) is 6.02. The zero-order chi connectivity index (χ0) is 12.0. The van der Waals surface area contributed by atoms with E-state index >= 15 is 0 Å². The van der Waals surface area contributed by atoms with Gasteiger partial charge in [0.25, 0.3) is 0 Å². The van der Waals surface area contributed by atoms with Crippen LogP contribution in [0.25, 0.3) is 0 Å². The van der Waals surface area contributed by atoms with Crippen molar-refractivity contribution in [1.82, 2.24) is 4.90 Å². The summed E-state index contributed by atoms with van der Waals surface area (Å²) in [5.74, 6) is 2.78. The van der Waals surface area contributed by atoms with Gasteiger partial charge in [-0.2, -0.15) is 0 Å². The van der Waals surface area contributed by atoms with Gasteiger partial charge < -0.3 is 14.7 Å². The van der Waals surface area contributed by atoms with Crippen LogP contribution in [-0.4, -0.2) is 49.0 Å². The summed E-state index contributed by atoms with van der Waals surface area (Å²) in [7, 11) is 3.86. The Labute approximate surface area is 98.8 Å². The smallest absolute Gasteiger partial charge is 0.128 e. The third kappa shape index (κ3) is 4.13. The maximum absolute atomic E-state index is 9.72. The fourth-order valence-corrected chi connectivity index (χ4v) is 2.18. The zero-order valence-corrected chi connectivity index (χ0v) is 10.4. The molecule has 3 nitrogen and oxygen atoms in total. The maximum Gasteiger partial charge on any atom is 0.128 e. The van der Waals surface area contributed by atoms with Crippen molar-refractivity contribution >= 4 is 0 Å². The van der Waals surface area contributed by atoms with Gasteiger partial charge in [-0.3, -0.25) is 0 Å². The summed E-state index contributed by atoms with van der Waals surface area (Å²) in [5.41, 5.74) is -0.411. The molecule has 16 heavy (non-hydrogen) atoms. The first-order valence-corrected chi connectivity index (χ1v) is 6.02. The topological polar surface area (TPSA) is 32.7 Å². The molecule has 1 saturated carbocycles. The molecule has 0 saturated heterocycles. The monoisotopic (exact) mass is 225 g/mol. The highest BCUT2D eigenvalue weighted by atomic mass is 16.5. The maximum atomic E-state index is 9.72. The van der Waals surface area contributed by atoms with Crippen molar-refractivity contribution < 1.29 is 9.84 Å². The molecule has 0 aromatic rings. The van der Waals surface area contributed by atoms with E-state index in [1.807, 2.05) is 19.0 Å². The molecule has 0 aromatic heterocycles.